The zero-order valence-corrected chi connectivity index (χ0v) is 6.23. The molecular weight excluding hydrogens is 138 g/mol. The number of nitrogens with zero attached hydrogens (tertiary/aromatic N) is 1. The van der Waals surface area contributed by atoms with E-state index in [-0.39, 0.29) is 6.23 Å². The molecule has 1 aromatic carbocycles. The molecule has 1 aliphatic heterocycles. The average Bonchev–Trinajstić information content (AvgIpc) is 1.99. The molecule has 1 atom stereocenters. The summed E-state index contributed by atoms with van der Waals surface area (Å²) in [5, 5.41) is 4.14. The van der Waals surface area contributed by atoms with Gasteiger partial charge in [0, 0.05) is 13.0 Å². The Kier molecular flexibility index (Phi) is 1.78. The van der Waals surface area contributed by atoms with Crippen molar-refractivity contribution in [2.75, 3.05) is 6.54 Å². The van der Waals surface area contributed by atoms with Crippen LogP contribution < -0.4 is 10.1 Å². The lowest BCUT2D eigenvalue weighted by Gasteiger charge is -2.25. The van der Waals surface area contributed by atoms with Crippen LogP contribution in [0.4, 0.5) is 0 Å². The first-order valence-corrected chi connectivity index (χ1v) is 3.83. The van der Waals surface area contributed by atoms with E-state index in [4.69, 9.17) is 4.74 Å². The van der Waals surface area contributed by atoms with Crippen molar-refractivity contribution in [1.29, 1.82) is 0 Å². The van der Waals surface area contributed by atoms with Crippen LogP contribution >= 0.6 is 0 Å². The summed E-state index contributed by atoms with van der Waals surface area (Å²) in [6, 6.07) is 9.81. The summed E-state index contributed by atoms with van der Waals surface area (Å²) >= 11 is 0. The van der Waals surface area contributed by atoms with Gasteiger partial charge in [-0.25, -0.2) is 5.32 Å². The highest BCUT2D eigenvalue weighted by molar-refractivity contribution is 5.21. The Morgan fingerprint density at radius 3 is 2.55 bits per heavy atom. The number of benzene rings is 1. The van der Waals surface area contributed by atoms with E-state index in [0.29, 0.717) is 0 Å². The van der Waals surface area contributed by atoms with Crippen LogP contribution in [0.1, 0.15) is 6.42 Å². The van der Waals surface area contributed by atoms with Crippen molar-refractivity contribution >= 4 is 0 Å². The lowest BCUT2D eigenvalue weighted by molar-refractivity contribution is 0.0934. The minimum atomic E-state index is 0.123. The minimum absolute atomic E-state index is 0.123. The molecular formula is C9H10NO. The van der Waals surface area contributed by atoms with Crippen LogP contribution in [-0.2, 0) is 0 Å². The summed E-state index contributed by atoms with van der Waals surface area (Å²) in [5.74, 6) is 0.918. The highest BCUT2D eigenvalue weighted by Crippen LogP contribution is 2.14. The van der Waals surface area contributed by atoms with Gasteiger partial charge in [0.25, 0.3) is 0 Å². The highest BCUT2D eigenvalue weighted by Gasteiger charge is 2.19. The molecule has 2 heteroatoms. The molecule has 0 aromatic heterocycles. The molecule has 57 valence electrons. The second-order valence-electron chi connectivity index (χ2n) is 2.58. The summed E-state index contributed by atoms with van der Waals surface area (Å²) in [5.41, 5.74) is 0. The predicted molar refractivity (Wildman–Crippen MR) is 42.5 cm³/mol. The summed E-state index contributed by atoms with van der Waals surface area (Å²) in [6.07, 6.45) is 1.19. The number of para-hydroxylation sites is 1. The van der Waals surface area contributed by atoms with E-state index in [1.165, 1.54) is 0 Å². The Hall–Kier alpha value is -1.02. The van der Waals surface area contributed by atoms with Crippen LogP contribution in [0, 0.1) is 0 Å². The van der Waals surface area contributed by atoms with E-state index in [1.807, 2.05) is 30.3 Å². The summed E-state index contributed by atoms with van der Waals surface area (Å²) in [7, 11) is 0. The molecule has 0 saturated carbocycles. The van der Waals surface area contributed by atoms with Crippen molar-refractivity contribution in [2.24, 2.45) is 0 Å². The molecule has 0 amide bonds. The molecule has 1 unspecified atom stereocenters. The molecule has 2 rings (SSSR count). The van der Waals surface area contributed by atoms with Crippen molar-refractivity contribution in [3.8, 4) is 5.75 Å². The Morgan fingerprint density at radius 2 is 2.00 bits per heavy atom. The first kappa shape index (κ1) is 6.68. The summed E-state index contributed by atoms with van der Waals surface area (Å²) < 4.78 is 5.48. The van der Waals surface area contributed by atoms with Crippen molar-refractivity contribution in [2.45, 2.75) is 12.6 Å². The lowest BCUT2D eigenvalue weighted by Crippen LogP contribution is -2.40. The largest absolute Gasteiger partial charge is 0.474 e. The molecule has 1 saturated heterocycles. The van der Waals surface area contributed by atoms with Crippen molar-refractivity contribution in [3.05, 3.63) is 30.3 Å². The maximum absolute atomic E-state index is 5.48. The van der Waals surface area contributed by atoms with Crippen LogP contribution in [0.3, 0.4) is 0 Å². The zero-order valence-electron chi connectivity index (χ0n) is 6.23. The third-order valence-corrected chi connectivity index (χ3v) is 1.72. The Balaban J connectivity index is 1.95. The number of ether oxygens (including phenoxy) is 1. The molecule has 1 fully saturated rings. The third-order valence-electron chi connectivity index (χ3n) is 1.72. The standard InChI is InChI=1S/C9H10NO/c1-2-4-8(5-3-1)11-9-6-7-10-9/h1-5,9H,6-7H2. The zero-order chi connectivity index (χ0) is 7.52. The van der Waals surface area contributed by atoms with E-state index in [9.17, 15) is 0 Å². The highest BCUT2D eigenvalue weighted by atomic mass is 16.5. The normalized spacial score (nSPS) is 22.4. The molecule has 1 heterocycles. The maximum atomic E-state index is 5.48. The topological polar surface area (TPSA) is 23.3 Å². The van der Waals surface area contributed by atoms with Gasteiger partial charge in [0.2, 0.25) is 0 Å². The number of hydrogen-bond acceptors (Lipinski definition) is 1. The third kappa shape index (κ3) is 1.52. The molecule has 2 nitrogen and oxygen atoms in total. The van der Waals surface area contributed by atoms with Gasteiger partial charge >= 0.3 is 0 Å². The molecule has 0 aliphatic carbocycles. The van der Waals surface area contributed by atoms with E-state index in [1.54, 1.807) is 0 Å². The molecule has 0 spiro atoms. The smallest absolute Gasteiger partial charge is 0.166 e. The second kappa shape index (κ2) is 2.93. The molecule has 1 aromatic rings. The van der Waals surface area contributed by atoms with Crippen LogP contribution in [-0.4, -0.2) is 12.8 Å². The Bertz CT molecular complexity index is 218. The second-order valence-corrected chi connectivity index (χ2v) is 2.58. The van der Waals surface area contributed by atoms with Crippen molar-refractivity contribution in [1.82, 2.24) is 5.32 Å². The van der Waals surface area contributed by atoms with Gasteiger partial charge in [0.05, 0.1) is 0 Å². The van der Waals surface area contributed by atoms with Crippen LogP contribution in [0.15, 0.2) is 30.3 Å². The first-order valence-electron chi connectivity index (χ1n) is 3.83. The average molecular weight is 148 g/mol. The minimum Gasteiger partial charge on any atom is -0.474 e. The Morgan fingerprint density at radius 1 is 1.27 bits per heavy atom. The van der Waals surface area contributed by atoms with E-state index < -0.39 is 0 Å². The van der Waals surface area contributed by atoms with Crippen LogP contribution in [0.2, 0.25) is 0 Å². The van der Waals surface area contributed by atoms with Gasteiger partial charge < -0.3 is 4.74 Å². The monoisotopic (exact) mass is 148 g/mol. The molecule has 1 radical (unpaired) electrons. The van der Waals surface area contributed by atoms with Gasteiger partial charge in [0.1, 0.15) is 5.75 Å². The number of rotatable bonds is 2. The first-order chi connectivity index (χ1) is 5.45. The molecule has 0 bridgehead atoms. The molecule has 1 aliphatic rings. The quantitative estimate of drug-likeness (QED) is 0.621. The van der Waals surface area contributed by atoms with E-state index in [0.717, 1.165) is 18.7 Å². The van der Waals surface area contributed by atoms with Crippen molar-refractivity contribution < 1.29 is 4.74 Å². The van der Waals surface area contributed by atoms with E-state index in [2.05, 4.69) is 5.32 Å². The van der Waals surface area contributed by atoms with Gasteiger partial charge in [0.15, 0.2) is 6.23 Å². The lowest BCUT2D eigenvalue weighted by atomic mass is 10.2. The fourth-order valence-electron chi connectivity index (χ4n) is 0.987. The van der Waals surface area contributed by atoms with Gasteiger partial charge in [-0.3, -0.25) is 0 Å². The maximum Gasteiger partial charge on any atom is 0.166 e. The van der Waals surface area contributed by atoms with Gasteiger partial charge in [-0.1, -0.05) is 18.2 Å². The number of hydrogen-bond donors (Lipinski definition) is 0. The summed E-state index contributed by atoms with van der Waals surface area (Å²) in [6.45, 7) is 0.956. The van der Waals surface area contributed by atoms with Crippen LogP contribution in [0.5, 0.6) is 5.75 Å². The molecule has 11 heavy (non-hydrogen) atoms. The van der Waals surface area contributed by atoms with Gasteiger partial charge in [-0.2, -0.15) is 0 Å². The van der Waals surface area contributed by atoms with Crippen LogP contribution in [0.25, 0.3) is 0 Å². The van der Waals surface area contributed by atoms with E-state index >= 15 is 0 Å². The fourth-order valence-corrected chi connectivity index (χ4v) is 0.987. The van der Waals surface area contributed by atoms with Gasteiger partial charge in [-0.15, -0.1) is 0 Å². The SMILES string of the molecule is c1ccc(OC2CC[N]2)cc1. The van der Waals surface area contributed by atoms with Gasteiger partial charge in [-0.05, 0) is 12.1 Å². The molecule has 0 N–H and O–H groups in total. The van der Waals surface area contributed by atoms with Crippen molar-refractivity contribution in [3.63, 3.8) is 0 Å². The Labute approximate surface area is 66.2 Å². The predicted octanol–water partition coefficient (Wildman–Crippen LogP) is 1.40. The fraction of sp³-hybridized carbons (Fsp3) is 0.333. The summed E-state index contributed by atoms with van der Waals surface area (Å²) in [4.78, 5) is 0.